The van der Waals surface area contributed by atoms with Crippen molar-refractivity contribution in [3.8, 4) is 0 Å². The van der Waals surface area contributed by atoms with E-state index in [2.05, 4.69) is 36.4 Å². The maximum Gasteiger partial charge on any atom is 0.112 e. The Bertz CT molecular complexity index is 984. The predicted octanol–water partition coefficient (Wildman–Crippen LogP) is 5.25. The Balaban J connectivity index is 2.02. The normalized spacial score (nSPS) is 14.0. The second-order valence-corrected chi connectivity index (χ2v) is 6.16. The van der Waals surface area contributed by atoms with Gasteiger partial charge in [-0.15, -0.1) is 0 Å². The Kier molecular flexibility index (Phi) is 3.17. The van der Waals surface area contributed by atoms with Crippen LogP contribution in [-0.4, -0.2) is 5.11 Å². The quantitative estimate of drug-likeness (QED) is 0.501. The largest absolute Gasteiger partial charge is 0.381 e. The molecule has 0 saturated heterocycles. The lowest BCUT2D eigenvalue weighted by Crippen LogP contribution is -2.23. The van der Waals surface area contributed by atoms with Crippen LogP contribution in [0.25, 0.3) is 21.5 Å². The van der Waals surface area contributed by atoms with Crippen LogP contribution >= 0.6 is 0 Å². The Labute approximate surface area is 135 Å². The minimum Gasteiger partial charge on any atom is -0.381 e. The van der Waals surface area contributed by atoms with E-state index in [0.717, 1.165) is 21.9 Å². The lowest BCUT2D eigenvalue weighted by molar-refractivity contribution is 0.104. The topological polar surface area (TPSA) is 20.2 Å². The molecule has 4 rings (SSSR count). The van der Waals surface area contributed by atoms with E-state index in [9.17, 15) is 5.11 Å². The van der Waals surface area contributed by atoms with E-state index in [-0.39, 0.29) is 0 Å². The summed E-state index contributed by atoms with van der Waals surface area (Å²) in [7, 11) is 0. The van der Waals surface area contributed by atoms with E-state index in [1.165, 1.54) is 10.8 Å². The molecule has 1 nitrogen and oxygen atoms in total. The summed E-state index contributed by atoms with van der Waals surface area (Å²) in [5.41, 5.74) is 0.816. The molecular weight excluding hydrogens is 280 g/mol. The van der Waals surface area contributed by atoms with Gasteiger partial charge in [-0.25, -0.2) is 0 Å². The molecule has 23 heavy (non-hydrogen) atoms. The molecule has 0 radical (unpaired) electrons. The second kappa shape index (κ2) is 5.22. The molecule has 4 aromatic rings. The van der Waals surface area contributed by atoms with Gasteiger partial charge < -0.3 is 5.11 Å². The molecule has 0 aliphatic carbocycles. The van der Waals surface area contributed by atoms with Crippen LogP contribution in [0.15, 0.2) is 84.9 Å². The zero-order valence-electron chi connectivity index (χ0n) is 13.0. The first-order valence-electron chi connectivity index (χ1n) is 7.86. The molecule has 1 unspecified atom stereocenters. The average molecular weight is 298 g/mol. The van der Waals surface area contributed by atoms with Gasteiger partial charge in [0.1, 0.15) is 5.60 Å². The molecule has 0 aliphatic heterocycles. The zero-order valence-corrected chi connectivity index (χ0v) is 13.0. The van der Waals surface area contributed by atoms with Crippen molar-refractivity contribution in [2.45, 2.75) is 12.5 Å². The molecule has 1 atom stereocenters. The monoisotopic (exact) mass is 298 g/mol. The van der Waals surface area contributed by atoms with Gasteiger partial charge in [0, 0.05) is 0 Å². The summed E-state index contributed by atoms with van der Waals surface area (Å²) in [6.45, 7) is 1.87. The highest BCUT2D eigenvalue weighted by Crippen LogP contribution is 2.35. The van der Waals surface area contributed by atoms with E-state index in [4.69, 9.17) is 0 Å². The first kappa shape index (κ1) is 14.0. The van der Waals surface area contributed by atoms with Gasteiger partial charge in [0.15, 0.2) is 0 Å². The van der Waals surface area contributed by atoms with Crippen LogP contribution in [0.4, 0.5) is 0 Å². The highest BCUT2D eigenvalue weighted by Gasteiger charge is 2.27. The summed E-state index contributed by atoms with van der Waals surface area (Å²) in [6.07, 6.45) is 0. The van der Waals surface area contributed by atoms with Crippen molar-refractivity contribution >= 4 is 21.5 Å². The Morgan fingerprint density at radius 3 is 2.00 bits per heavy atom. The van der Waals surface area contributed by atoms with Crippen LogP contribution in [0.5, 0.6) is 0 Å². The standard InChI is InChI=1S/C22H18O/c1-22(23,19-11-3-2-4-12-19)21-13-7-10-18-14-16-8-5-6-9-17(16)15-20(18)21/h2-15,23H,1H3. The molecule has 0 amide bonds. The van der Waals surface area contributed by atoms with Crippen LogP contribution in [0, 0.1) is 0 Å². The maximum atomic E-state index is 11.2. The minimum atomic E-state index is -1.02. The third-order valence-electron chi connectivity index (χ3n) is 4.61. The molecule has 4 aromatic carbocycles. The van der Waals surface area contributed by atoms with E-state index in [0.29, 0.717) is 0 Å². The van der Waals surface area contributed by atoms with Gasteiger partial charge >= 0.3 is 0 Å². The lowest BCUT2D eigenvalue weighted by Gasteiger charge is -2.26. The number of aliphatic hydroxyl groups is 1. The van der Waals surface area contributed by atoms with E-state index >= 15 is 0 Å². The fourth-order valence-electron chi connectivity index (χ4n) is 3.31. The Hall–Kier alpha value is -2.64. The van der Waals surface area contributed by atoms with Crippen molar-refractivity contribution in [3.05, 3.63) is 96.1 Å². The van der Waals surface area contributed by atoms with Gasteiger partial charge in [-0.2, -0.15) is 0 Å². The van der Waals surface area contributed by atoms with Gasteiger partial charge in [0.2, 0.25) is 0 Å². The summed E-state index contributed by atoms with van der Waals surface area (Å²) < 4.78 is 0. The molecule has 0 aliphatic rings. The predicted molar refractivity (Wildman–Crippen MR) is 96.6 cm³/mol. The number of hydrogen-bond acceptors (Lipinski definition) is 1. The van der Waals surface area contributed by atoms with Gasteiger partial charge in [-0.05, 0) is 51.7 Å². The fraction of sp³-hybridized carbons (Fsp3) is 0.0909. The number of rotatable bonds is 2. The third kappa shape index (κ3) is 2.30. The van der Waals surface area contributed by atoms with Crippen molar-refractivity contribution in [1.82, 2.24) is 0 Å². The van der Waals surface area contributed by atoms with E-state index in [1.54, 1.807) is 0 Å². The van der Waals surface area contributed by atoms with Crippen molar-refractivity contribution in [2.24, 2.45) is 0 Å². The molecule has 112 valence electrons. The first-order valence-corrected chi connectivity index (χ1v) is 7.86. The summed E-state index contributed by atoms with van der Waals surface area (Å²) in [5, 5.41) is 15.9. The zero-order chi connectivity index (χ0) is 15.9. The van der Waals surface area contributed by atoms with E-state index < -0.39 is 5.60 Å². The summed E-state index contributed by atoms with van der Waals surface area (Å²) in [4.78, 5) is 0. The van der Waals surface area contributed by atoms with Crippen LogP contribution in [-0.2, 0) is 5.60 Å². The molecule has 1 N–H and O–H groups in total. The molecule has 0 spiro atoms. The fourth-order valence-corrected chi connectivity index (χ4v) is 3.31. The van der Waals surface area contributed by atoms with Gasteiger partial charge in [0.05, 0.1) is 0 Å². The van der Waals surface area contributed by atoms with Crippen LogP contribution in [0.2, 0.25) is 0 Å². The van der Waals surface area contributed by atoms with Gasteiger partial charge in [-0.3, -0.25) is 0 Å². The molecule has 0 saturated carbocycles. The average Bonchev–Trinajstić information content (AvgIpc) is 2.60. The van der Waals surface area contributed by atoms with Crippen LogP contribution in [0.3, 0.4) is 0 Å². The van der Waals surface area contributed by atoms with Crippen LogP contribution in [0.1, 0.15) is 18.1 Å². The van der Waals surface area contributed by atoms with E-state index in [1.807, 2.05) is 55.5 Å². The second-order valence-electron chi connectivity index (χ2n) is 6.16. The minimum absolute atomic E-state index is 0.903. The number of benzene rings is 4. The Morgan fingerprint density at radius 2 is 1.26 bits per heavy atom. The van der Waals surface area contributed by atoms with Crippen molar-refractivity contribution in [1.29, 1.82) is 0 Å². The number of fused-ring (bicyclic) bond motifs is 2. The molecule has 0 bridgehead atoms. The lowest BCUT2D eigenvalue weighted by atomic mass is 9.84. The summed E-state index contributed by atoms with van der Waals surface area (Å²) >= 11 is 0. The molecular formula is C22H18O. The summed E-state index contributed by atoms with van der Waals surface area (Å²) in [6, 6.07) is 28.7. The van der Waals surface area contributed by atoms with Gasteiger partial charge in [-0.1, -0.05) is 72.8 Å². The molecule has 1 heteroatoms. The van der Waals surface area contributed by atoms with Crippen LogP contribution < -0.4 is 0 Å². The van der Waals surface area contributed by atoms with Crippen molar-refractivity contribution in [3.63, 3.8) is 0 Å². The Morgan fingerprint density at radius 1 is 0.652 bits per heavy atom. The molecule has 0 fully saturated rings. The van der Waals surface area contributed by atoms with Crippen molar-refractivity contribution in [2.75, 3.05) is 0 Å². The van der Waals surface area contributed by atoms with Crippen molar-refractivity contribution < 1.29 is 5.11 Å². The summed E-state index contributed by atoms with van der Waals surface area (Å²) in [5.74, 6) is 0. The SMILES string of the molecule is CC(O)(c1ccccc1)c1cccc2cc3ccccc3cc12. The number of hydrogen-bond donors (Lipinski definition) is 1. The maximum absolute atomic E-state index is 11.2. The third-order valence-corrected chi connectivity index (χ3v) is 4.61. The molecule has 0 heterocycles. The highest BCUT2D eigenvalue weighted by molar-refractivity contribution is 6.00. The first-order chi connectivity index (χ1) is 11.2. The van der Waals surface area contributed by atoms with Gasteiger partial charge in [0.25, 0.3) is 0 Å². The highest BCUT2D eigenvalue weighted by atomic mass is 16.3. The smallest absolute Gasteiger partial charge is 0.112 e. The molecule has 0 aromatic heterocycles.